The number of aryl methyl sites for hydroxylation is 1. The lowest BCUT2D eigenvalue weighted by atomic mass is 10.0. The molecule has 1 atom stereocenters. The molecule has 226 valence electrons. The highest BCUT2D eigenvalue weighted by Crippen LogP contribution is 2.26. The van der Waals surface area contributed by atoms with Crippen LogP contribution in [0.2, 0.25) is 0 Å². The molecule has 0 saturated carbocycles. The minimum Gasteiger partial charge on any atom is -0.507 e. The summed E-state index contributed by atoms with van der Waals surface area (Å²) in [6, 6.07) is 6.82. The second-order valence-corrected chi connectivity index (χ2v) is 9.04. The average Bonchev–Trinajstić information content (AvgIpc) is 3.68. The molecular weight excluding hydrogens is 508 g/mol. The van der Waals surface area contributed by atoms with E-state index in [1.165, 1.54) is 18.9 Å². The number of para-hydroxylation sites is 1. The number of nitrogens with zero attached hydrogens (tertiary/aromatic N) is 1. The number of ether oxygens (including phenoxy) is 1. The van der Waals surface area contributed by atoms with E-state index in [0.29, 0.717) is 29.9 Å². The lowest BCUT2D eigenvalue weighted by Crippen LogP contribution is -2.38. The number of carbonyl (C=O) groups excluding carboxylic acids is 1. The van der Waals surface area contributed by atoms with Crippen LogP contribution in [0.4, 0.5) is 5.82 Å². The van der Waals surface area contributed by atoms with Gasteiger partial charge in [0.2, 0.25) is 5.91 Å². The molecule has 2 heterocycles. The van der Waals surface area contributed by atoms with Crippen LogP contribution >= 0.6 is 0 Å². The van der Waals surface area contributed by atoms with Crippen LogP contribution in [0.3, 0.4) is 0 Å². The van der Waals surface area contributed by atoms with Crippen molar-refractivity contribution in [2.75, 3.05) is 39.2 Å². The van der Waals surface area contributed by atoms with Gasteiger partial charge in [0.1, 0.15) is 11.6 Å². The molecule has 0 unspecified atom stereocenters. The summed E-state index contributed by atoms with van der Waals surface area (Å²) in [7, 11) is 1.70. The van der Waals surface area contributed by atoms with Crippen molar-refractivity contribution in [3.05, 3.63) is 59.8 Å². The van der Waals surface area contributed by atoms with Gasteiger partial charge in [-0.15, -0.1) is 0 Å². The van der Waals surface area contributed by atoms with Crippen molar-refractivity contribution in [3.63, 3.8) is 0 Å². The van der Waals surface area contributed by atoms with Gasteiger partial charge in [0, 0.05) is 49.9 Å². The molecule has 0 radical (unpaired) electrons. The Morgan fingerprint density at radius 2 is 1.85 bits per heavy atom. The first-order chi connectivity index (χ1) is 19.3. The summed E-state index contributed by atoms with van der Waals surface area (Å²) < 4.78 is 4.94. The SMILES string of the molecule is C1CCOC1.C=CC(=O)N(C)[C@@H](CO)CCCC.CC.N/C(=C\c1c(CCCO)c[nH]c1N)c1ccccc1O. The van der Waals surface area contributed by atoms with E-state index in [0.717, 1.165) is 43.6 Å². The summed E-state index contributed by atoms with van der Waals surface area (Å²) in [5.74, 6) is 0.527. The number of anilines is 1. The number of unbranched alkanes of at least 4 members (excludes halogenated alkanes) is 1. The number of hydrogen-bond acceptors (Lipinski definition) is 7. The van der Waals surface area contributed by atoms with Crippen molar-refractivity contribution in [1.29, 1.82) is 0 Å². The fourth-order valence-electron chi connectivity index (χ4n) is 3.77. The molecule has 0 bridgehead atoms. The monoisotopic (exact) mass is 560 g/mol. The summed E-state index contributed by atoms with van der Waals surface area (Å²) >= 11 is 0. The van der Waals surface area contributed by atoms with Crippen molar-refractivity contribution in [3.8, 4) is 5.75 Å². The molecule has 3 rings (SSSR count). The zero-order chi connectivity index (χ0) is 30.3. The summed E-state index contributed by atoms with van der Waals surface area (Å²) in [6.07, 6.45) is 11.7. The molecule has 0 spiro atoms. The number of H-pyrrole nitrogens is 1. The number of phenols is 1. The maximum absolute atomic E-state index is 11.2. The maximum atomic E-state index is 11.2. The van der Waals surface area contributed by atoms with E-state index < -0.39 is 0 Å². The molecule has 9 nitrogen and oxygen atoms in total. The van der Waals surface area contributed by atoms with E-state index >= 15 is 0 Å². The topological polar surface area (TPSA) is 158 Å². The van der Waals surface area contributed by atoms with E-state index in [9.17, 15) is 9.90 Å². The van der Waals surface area contributed by atoms with Crippen LogP contribution < -0.4 is 11.5 Å². The Kier molecular flexibility index (Phi) is 20.7. The number of benzene rings is 1. The number of carbonyl (C=O) groups is 1. The van der Waals surface area contributed by atoms with Crippen molar-refractivity contribution in [1.82, 2.24) is 9.88 Å². The fraction of sp³-hybridized carbons (Fsp3) is 0.516. The quantitative estimate of drug-likeness (QED) is 0.218. The number of aliphatic hydroxyl groups excluding tert-OH is 2. The Balaban J connectivity index is 0.000000649. The van der Waals surface area contributed by atoms with Crippen molar-refractivity contribution in [2.45, 2.75) is 71.8 Å². The van der Waals surface area contributed by atoms with Gasteiger partial charge in [0.25, 0.3) is 0 Å². The van der Waals surface area contributed by atoms with Gasteiger partial charge in [-0.25, -0.2) is 0 Å². The van der Waals surface area contributed by atoms with E-state index in [-0.39, 0.29) is 30.9 Å². The second kappa shape index (κ2) is 22.5. The Bertz CT molecular complexity index is 978. The second-order valence-electron chi connectivity index (χ2n) is 9.04. The van der Waals surface area contributed by atoms with Crippen molar-refractivity contribution < 1.29 is 24.9 Å². The van der Waals surface area contributed by atoms with Crippen molar-refractivity contribution >= 4 is 23.5 Å². The number of hydrogen-bond donors (Lipinski definition) is 6. The summed E-state index contributed by atoms with van der Waals surface area (Å²) in [5.41, 5.74) is 14.7. The Morgan fingerprint density at radius 3 is 2.35 bits per heavy atom. The molecule has 1 saturated heterocycles. The lowest BCUT2D eigenvalue weighted by molar-refractivity contribution is -0.127. The molecule has 1 aliphatic rings. The third-order valence-electron chi connectivity index (χ3n) is 6.16. The number of aromatic nitrogens is 1. The molecule has 40 heavy (non-hydrogen) atoms. The number of amides is 1. The minimum absolute atomic E-state index is 0.0239. The number of aromatic hydroxyl groups is 1. The molecule has 1 aromatic carbocycles. The largest absolute Gasteiger partial charge is 0.507 e. The number of likely N-dealkylation sites (N-methyl/N-ethyl adjacent to an activating group) is 1. The standard InChI is InChI=1S/C15H19N3O2.C10H19NO2.C4H8O.C2H6/c16-13(11-5-1-2-6-14(11)20)8-12-10(4-3-7-19)9-18-15(12)17;1-4-6-7-9(8-12)11(3)10(13)5-2;1-2-4-5-3-1;1-2/h1-2,5-6,8-9,18-20H,3-4,7,16-17H2;5,9,12H,2,4,6-8H2,1,3H3;1-4H2;1-2H3/b13-8-;;;/t;9-;;/m.1../s1. The Morgan fingerprint density at radius 1 is 1.20 bits per heavy atom. The van der Waals surface area contributed by atoms with Crippen LogP contribution in [-0.4, -0.2) is 70.6 Å². The summed E-state index contributed by atoms with van der Waals surface area (Å²) in [4.78, 5) is 15.7. The summed E-state index contributed by atoms with van der Waals surface area (Å²) in [6.45, 7) is 11.6. The molecule has 1 fully saturated rings. The number of aromatic amines is 1. The van der Waals surface area contributed by atoms with Gasteiger partial charge < -0.3 is 41.4 Å². The molecule has 1 aliphatic heterocycles. The minimum atomic E-state index is -0.129. The predicted octanol–water partition coefficient (Wildman–Crippen LogP) is 4.69. The van der Waals surface area contributed by atoms with Gasteiger partial charge in [0.15, 0.2) is 0 Å². The third-order valence-corrected chi connectivity index (χ3v) is 6.16. The number of nitrogens with one attached hydrogen (secondary N) is 1. The zero-order valence-corrected chi connectivity index (χ0v) is 24.9. The highest BCUT2D eigenvalue weighted by atomic mass is 16.5. The molecular formula is C31H52N4O5. The zero-order valence-electron chi connectivity index (χ0n) is 24.9. The molecule has 1 aromatic heterocycles. The van der Waals surface area contributed by atoms with E-state index in [1.54, 1.807) is 36.2 Å². The number of phenolic OH excluding ortho intramolecular Hbond substituents is 1. The Labute approximate surface area is 240 Å². The van der Waals surface area contributed by atoms with Crippen molar-refractivity contribution in [2.24, 2.45) is 5.73 Å². The predicted molar refractivity (Wildman–Crippen MR) is 166 cm³/mol. The van der Waals surface area contributed by atoms with Crippen LogP contribution in [0.5, 0.6) is 5.75 Å². The van der Waals surface area contributed by atoms with Gasteiger partial charge in [-0.1, -0.05) is 52.3 Å². The first-order valence-electron chi connectivity index (χ1n) is 14.2. The normalized spacial score (nSPS) is 13.0. The van der Waals surface area contributed by atoms with E-state index in [2.05, 4.69) is 18.5 Å². The first-order valence-corrected chi connectivity index (χ1v) is 14.2. The average molecular weight is 561 g/mol. The molecule has 1 amide bonds. The van der Waals surface area contributed by atoms with Gasteiger partial charge in [0.05, 0.1) is 12.6 Å². The maximum Gasteiger partial charge on any atom is 0.246 e. The fourth-order valence-corrected chi connectivity index (χ4v) is 3.77. The van der Waals surface area contributed by atoms with Gasteiger partial charge in [-0.05, 0) is 62.0 Å². The van der Waals surface area contributed by atoms with Crippen LogP contribution in [0, 0.1) is 0 Å². The Hall–Kier alpha value is -3.27. The lowest BCUT2D eigenvalue weighted by Gasteiger charge is -2.25. The van der Waals surface area contributed by atoms with Gasteiger partial charge in [-0.3, -0.25) is 4.79 Å². The van der Waals surface area contributed by atoms with Gasteiger partial charge in [-0.2, -0.15) is 0 Å². The molecule has 2 aromatic rings. The van der Waals surface area contributed by atoms with Crippen LogP contribution in [-0.2, 0) is 16.0 Å². The number of nitrogens with two attached hydrogens (primary N) is 2. The van der Waals surface area contributed by atoms with E-state index in [1.807, 2.05) is 26.1 Å². The summed E-state index contributed by atoms with van der Waals surface area (Å²) in [5, 5.41) is 27.7. The third kappa shape index (κ3) is 13.7. The van der Waals surface area contributed by atoms with E-state index in [4.69, 9.17) is 26.4 Å². The highest BCUT2D eigenvalue weighted by Gasteiger charge is 2.16. The molecule has 8 N–H and O–H groups in total. The molecule has 0 aliphatic carbocycles. The van der Waals surface area contributed by atoms with Gasteiger partial charge >= 0.3 is 0 Å². The van der Waals surface area contributed by atoms with Crippen LogP contribution in [0.1, 0.15) is 76.0 Å². The number of rotatable bonds is 11. The van der Waals surface area contributed by atoms with Crippen LogP contribution in [0.15, 0.2) is 43.1 Å². The smallest absolute Gasteiger partial charge is 0.246 e. The number of nitrogen functional groups attached to an aromatic ring is 1. The van der Waals surface area contributed by atoms with Crippen LogP contribution in [0.25, 0.3) is 11.8 Å². The highest BCUT2D eigenvalue weighted by molar-refractivity contribution is 5.87. The molecule has 9 heteroatoms. The number of aliphatic hydroxyl groups is 2. The first kappa shape index (κ1) is 36.7.